The lowest BCUT2D eigenvalue weighted by molar-refractivity contribution is -0.274. The molecule has 0 bridgehead atoms. The van der Waals surface area contributed by atoms with Crippen LogP contribution in [0.3, 0.4) is 0 Å². The fourth-order valence-electron chi connectivity index (χ4n) is 2.37. The number of carbonyl (C=O) groups excluding carboxylic acids is 1. The van der Waals surface area contributed by atoms with E-state index in [2.05, 4.69) is 30.3 Å². The molecular weight excluding hydrogens is 397 g/mol. The summed E-state index contributed by atoms with van der Waals surface area (Å²) in [6, 6.07) is 8.23. The standard InChI is InChI=1S/C16H9F3N6O2S/c17-16(18,19)27-10-3-1-2-9(8-10)13-23-22-12-5-4-11(24-25(12)13)14(26)21-15-20-6-7-28-15/h1-8H,(H,20,21,26). The summed E-state index contributed by atoms with van der Waals surface area (Å²) in [7, 11) is 0. The number of ether oxygens (including phenoxy) is 1. The number of rotatable bonds is 4. The number of hydrogen-bond donors (Lipinski definition) is 1. The minimum Gasteiger partial charge on any atom is -0.406 e. The molecule has 0 atom stereocenters. The Morgan fingerprint density at radius 3 is 2.79 bits per heavy atom. The summed E-state index contributed by atoms with van der Waals surface area (Å²) in [5.74, 6) is -0.739. The van der Waals surface area contributed by atoms with Crippen LogP contribution in [0.1, 0.15) is 10.5 Å². The van der Waals surface area contributed by atoms with Crippen molar-refractivity contribution in [1.29, 1.82) is 0 Å². The minimum atomic E-state index is -4.81. The quantitative estimate of drug-likeness (QED) is 0.558. The van der Waals surface area contributed by atoms with Gasteiger partial charge in [0.25, 0.3) is 5.91 Å². The predicted molar refractivity (Wildman–Crippen MR) is 93.0 cm³/mol. The third kappa shape index (κ3) is 3.76. The summed E-state index contributed by atoms with van der Waals surface area (Å²) in [6.45, 7) is 0. The van der Waals surface area contributed by atoms with Crippen molar-refractivity contribution in [2.45, 2.75) is 6.36 Å². The van der Waals surface area contributed by atoms with E-state index in [0.29, 0.717) is 16.3 Å². The van der Waals surface area contributed by atoms with E-state index in [9.17, 15) is 18.0 Å². The van der Waals surface area contributed by atoms with Crippen LogP contribution in [0, 0.1) is 0 Å². The lowest BCUT2D eigenvalue weighted by Crippen LogP contribution is -2.17. The van der Waals surface area contributed by atoms with Gasteiger partial charge in [0.05, 0.1) is 0 Å². The normalized spacial score (nSPS) is 11.5. The Labute approximate surface area is 158 Å². The maximum atomic E-state index is 12.4. The number of hydrogen-bond acceptors (Lipinski definition) is 7. The van der Waals surface area contributed by atoms with E-state index >= 15 is 0 Å². The molecule has 0 aliphatic carbocycles. The maximum absolute atomic E-state index is 12.4. The highest BCUT2D eigenvalue weighted by Gasteiger charge is 2.31. The van der Waals surface area contributed by atoms with E-state index in [1.165, 1.54) is 46.2 Å². The average Bonchev–Trinajstić information content (AvgIpc) is 3.29. The van der Waals surface area contributed by atoms with Crippen LogP contribution in [0.2, 0.25) is 0 Å². The van der Waals surface area contributed by atoms with Crippen LogP contribution < -0.4 is 10.1 Å². The molecule has 0 unspecified atom stereocenters. The molecule has 4 rings (SSSR count). The lowest BCUT2D eigenvalue weighted by atomic mass is 10.2. The van der Waals surface area contributed by atoms with Crippen molar-refractivity contribution in [2.75, 3.05) is 5.32 Å². The third-order valence-electron chi connectivity index (χ3n) is 3.47. The Bertz CT molecular complexity index is 1140. The Kier molecular flexibility index (Phi) is 4.39. The van der Waals surface area contributed by atoms with Crippen LogP contribution in [0.4, 0.5) is 18.3 Å². The van der Waals surface area contributed by atoms with Crippen molar-refractivity contribution in [3.05, 3.63) is 53.7 Å². The molecule has 0 fully saturated rings. The molecule has 142 valence electrons. The molecule has 0 saturated heterocycles. The SMILES string of the molecule is O=C(Nc1nccs1)c1ccc2nnc(-c3cccc(OC(F)(F)F)c3)n2n1. The molecule has 1 amide bonds. The third-order valence-corrected chi connectivity index (χ3v) is 4.16. The van der Waals surface area contributed by atoms with Gasteiger partial charge in [0, 0.05) is 17.1 Å². The van der Waals surface area contributed by atoms with E-state index in [4.69, 9.17) is 0 Å². The zero-order valence-corrected chi connectivity index (χ0v) is 14.5. The molecule has 28 heavy (non-hydrogen) atoms. The molecule has 12 heteroatoms. The largest absolute Gasteiger partial charge is 0.573 e. The van der Waals surface area contributed by atoms with Gasteiger partial charge in [-0.1, -0.05) is 12.1 Å². The molecule has 0 aliphatic heterocycles. The Balaban J connectivity index is 1.69. The monoisotopic (exact) mass is 406 g/mol. The second kappa shape index (κ2) is 6.88. The zero-order valence-electron chi connectivity index (χ0n) is 13.7. The number of halogens is 3. The number of carbonyl (C=O) groups is 1. The number of thiazole rings is 1. The van der Waals surface area contributed by atoms with Crippen molar-refractivity contribution >= 4 is 28.0 Å². The van der Waals surface area contributed by atoms with Gasteiger partial charge < -0.3 is 4.74 Å². The van der Waals surface area contributed by atoms with Crippen molar-refractivity contribution in [1.82, 2.24) is 24.8 Å². The Hall–Kier alpha value is -3.54. The fraction of sp³-hybridized carbons (Fsp3) is 0.0625. The minimum absolute atomic E-state index is 0.0615. The van der Waals surface area contributed by atoms with Crippen LogP contribution in [0.15, 0.2) is 48.0 Å². The first-order chi connectivity index (χ1) is 13.4. The van der Waals surface area contributed by atoms with E-state index in [0.717, 1.165) is 6.07 Å². The number of aromatic nitrogens is 5. The van der Waals surface area contributed by atoms with Gasteiger partial charge in [-0.3, -0.25) is 10.1 Å². The summed E-state index contributed by atoms with van der Waals surface area (Å²) in [4.78, 5) is 16.3. The molecule has 0 aliphatic rings. The molecule has 1 N–H and O–H groups in total. The summed E-state index contributed by atoms with van der Waals surface area (Å²) in [6.07, 6.45) is -3.27. The Morgan fingerprint density at radius 1 is 1.18 bits per heavy atom. The summed E-state index contributed by atoms with van der Waals surface area (Å²) in [5.41, 5.74) is 0.675. The number of amides is 1. The van der Waals surface area contributed by atoms with Crippen LogP contribution in [0.25, 0.3) is 17.0 Å². The summed E-state index contributed by atoms with van der Waals surface area (Å²) < 4.78 is 42.5. The average molecular weight is 406 g/mol. The molecular formula is C16H9F3N6O2S. The van der Waals surface area contributed by atoms with E-state index < -0.39 is 18.0 Å². The van der Waals surface area contributed by atoms with Gasteiger partial charge in [-0.2, -0.15) is 9.61 Å². The van der Waals surface area contributed by atoms with Crippen molar-refractivity contribution in [2.24, 2.45) is 0 Å². The van der Waals surface area contributed by atoms with E-state index in [-0.39, 0.29) is 11.5 Å². The van der Waals surface area contributed by atoms with Gasteiger partial charge in [0.1, 0.15) is 11.4 Å². The van der Waals surface area contributed by atoms with Gasteiger partial charge in [-0.05, 0) is 24.3 Å². The summed E-state index contributed by atoms with van der Waals surface area (Å²) in [5, 5.41) is 16.8. The topological polar surface area (TPSA) is 94.3 Å². The first kappa shape index (κ1) is 17.9. The van der Waals surface area contributed by atoms with Gasteiger partial charge in [-0.15, -0.1) is 34.7 Å². The van der Waals surface area contributed by atoms with E-state index in [1.54, 1.807) is 11.6 Å². The first-order valence-electron chi connectivity index (χ1n) is 7.68. The molecule has 1 aromatic carbocycles. The predicted octanol–water partition coefficient (Wildman–Crippen LogP) is 3.40. The van der Waals surface area contributed by atoms with E-state index in [1.807, 2.05) is 0 Å². The van der Waals surface area contributed by atoms with Gasteiger partial charge in [0.15, 0.2) is 16.6 Å². The van der Waals surface area contributed by atoms with Gasteiger partial charge >= 0.3 is 6.36 Å². The number of anilines is 1. The van der Waals surface area contributed by atoms with Crippen LogP contribution in [0.5, 0.6) is 5.75 Å². The smallest absolute Gasteiger partial charge is 0.406 e. The molecule has 8 nitrogen and oxygen atoms in total. The zero-order chi connectivity index (χ0) is 19.7. The molecule has 4 aromatic rings. The van der Waals surface area contributed by atoms with Gasteiger partial charge in [-0.25, -0.2) is 4.98 Å². The molecule has 0 radical (unpaired) electrons. The second-order valence-corrected chi connectivity index (χ2v) is 6.27. The number of benzene rings is 1. The highest BCUT2D eigenvalue weighted by atomic mass is 32.1. The highest BCUT2D eigenvalue weighted by Crippen LogP contribution is 2.27. The molecule has 0 saturated carbocycles. The number of nitrogens with one attached hydrogen (secondary N) is 1. The van der Waals surface area contributed by atoms with Crippen LogP contribution >= 0.6 is 11.3 Å². The summed E-state index contributed by atoms with van der Waals surface area (Å²) >= 11 is 1.25. The van der Waals surface area contributed by atoms with Crippen LogP contribution in [-0.2, 0) is 0 Å². The molecule has 3 heterocycles. The van der Waals surface area contributed by atoms with Crippen molar-refractivity contribution < 1.29 is 22.7 Å². The Morgan fingerprint density at radius 2 is 2.04 bits per heavy atom. The van der Waals surface area contributed by atoms with Gasteiger partial charge in [0.2, 0.25) is 0 Å². The number of fused-ring (bicyclic) bond motifs is 1. The number of nitrogens with zero attached hydrogens (tertiary/aromatic N) is 5. The van der Waals surface area contributed by atoms with Crippen LogP contribution in [-0.4, -0.2) is 37.1 Å². The second-order valence-electron chi connectivity index (χ2n) is 5.38. The lowest BCUT2D eigenvalue weighted by Gasteiger charge is -2.09. The molecule has 0 spiro atoms. The number of alkyl halides is 3. The van der Waals surface area contributed by atoms with Crippen molar-refractivity contribution in [3.8, 4) is 17.1 Å². The fourth-order valence-corrected chi connectivity index (χ4v) is 2.89. The first-order valence-corrected chi connectivity index (χ1v) is 8.56. The highest BCUT2D eigenvalue weighted by molar-refractivity contribution is 7.13. The molecule has 3 aromatic heterocycles. The maximum Gasteiger partial charge on any atom is 0.573 e. The van der Waals surface area contributed by atoms with Crippen molar-refractivity contribution in [3.63, 3.8) is 0 Å².